The Balaban J connectivity index is 1.90. The molecule has 0 saturated carbocycles. The van der Waals surface area contributed by atoms with Crippen LogP contribution in [0.4, 0.5) is 5.69 Å². The van der Waals surface area contributed by atoms with Crippen LogP contribution in [0.15, 0.2) is 46.0 Å². The summed E-state index contributed by atoms with van der Waals surface area (Å²) in [6.07, 6.45) is 1.26. The molecule has 0 aliphatic heterocycles. The number of halogens is 3. The highest BCUT2D eigenvalue weighted by atomic mass is 79.9. The van der Waals surface area contributed by atoms with E-state index in [0.29, 0.717) is 20.8 Å². The van der Waals surface area contributed by atoms with Gasteiger partial charge in [-0.25, -0.2) is 5.43 Å². The van der Waals surface area contributed by atoms with Crippen molar-refractivity contribution in [2.75, 3.05) is 6.61 Å². The highest BCUT2D eigenvalue weighted by Gasteiger charge is 2.12. The van der Waals surface area contributed by atoms with Crippen molar-refractivity contribution in [3.63, 3.8) is 0 Å². The number of nitro groups is 1. The first-order valence-corrected chi connectivity index (χ1v) is 8.25. The standard InChI is InChI=1S/C15H10BrCl2N3O4/c16-11-6-10(17)2-4-14(11)25-8-15(22)20-19-7-9-1-3-12(18)13(5-9)21(23)24/h1-7H,8H2,(H,20,22)/b19-7+. The Kier molecular flexibility index (Phi) is 6.74. The molecule has 0 saturated heterocycles. The van der Waals surface area contributed by atoms with E-state index in [2.05, 4.69) is 26.5 Å². The van der Waals surface area contributed by atoms with Crippen LogP contribution < -0.4 is 10.2 Å². The highest BCUT2D eigenvalue weighted by molar-refractivity contribution is 9.10. The van der Waals surface area contributed by atoms with Gasteiger partial charge in [0.25, 0.3) is 11.6 Å². The molecule has 25 heavy (non-hydrogen) atoms. The molecular weight excluding hydrogens is 437 g/mol. The van der Waals surface area contributed by atoms with Crippen LogP contribution in [0.3, 0.4) is 0 Å². The van der Waals surface area contributed by atoms with Gasteiger partial charge in [-0.2, -0.15) is 5.10 Å². The van der Waals surface area contributed by atoms with E-state index in [1.54, 1.807) is 18.2 Å². The molecule has 2 rings (SSSR count). The van der Waals surface area contributed by atoms with Crippen LogP contribution in [0.2, 0.25) is 10.0 Å². The lowest BCUT2D eigenvalue weighted by atomic mass is 10.2. The van der Waals surface area contributed by atoms with Crippen LogP contribution in [0.5, 0.6) is 5.75 Å². The molecule has 130 valence electrons. The van der Waals surface area contributed by atoms with Crippen LogP contribution in [0.1, 0.15) is 5.56 Å². The molecule has 0 radical (unpaired) electrons. The van der Waals surface area contributed by atoms with Crippen molar-refractivity contribution < 1.29 is 14.5 Å². The maximum Gasteiger partial charge on any atom is 0.288 e. The fraction of sp³-hybridized carbons (Fsp3) is 0.0667. The van der Waals surface area contributed by atoms with Crippen molar-refractivity contribution in [1.29, 1.82) is 0 Å². The number of hydrogen-bond acceptors (Lipinski definition) is 5. The van der Waals surface area contributed by atoms with Gasteiger partial charge in [0.1, 0.15) is 10.8 Å². The van der Waals surface area contributed by atoms with Crippen LogP contribution >= 0.6 is 39.1 Å². The number of benzene rings is 2. The first-order valence-electron chi connectivity index (χ1n) is 6.70. The minimum Gasteiger partial charge on any atom is -0.483 e. The Morgan fingerprint density at radius 1 is 1.32 bits per heavy atom. The maximum atomic E-state index is 11.7. The van der Waals surface area contributed by atoms with Gasteiger partial charge >= 0.3 is 0 Å². The fourth-order valence-corrected chi connectivity index (χ4v) is 2.68. The van der Waals surface area contributed by atoms with Crippen LogP contribution in [0.25, 0.3) is 0 Å². The maximum absolute atomic E-state index is 11.7. The van der Waals surface area contributed by atoms with Crippen molar-refractivity contribution in [2.45, 2.75) is 0 Å². The molecule has 0 heterocycles. The van der Waals surface area contributed by atoms with Gasteiger partial charge in [-0.3, -0.25) is 14.9 Å². The van der Waals surface area contributed by atoms with Crippen molar-refractivity contribution in [3.05, 3.63) is 66.6 Å². The number of carbonyl (C=O) groups is 1. The van der Waals surface area contributed by atoms with Crippen molar-refractivity contribution >= 4 is 56.9 Å². The summed E-state index contributed by atoms with van der Waals surface area (Å²) in [7, 11) is 0. The second kappa shape index (κ2) is 8.80. The largest absolute Gasteiger partial charge is 0.483 e. The topological polar surface area (TPSA) is 93.8 Å². The molecule has 0 atom stereocenters. The summed E-state index contributed by atoms with van der Waals surface area (Å²) in [6, 6.07) is 9.05. The van der Waals surface area contributed by atoms with Gasteiger partial charge in [0.2, 0.25) is 0 Å². The Morgan fingerprint density at radius 3 is 2.76 bits per heavy atom. The molecule has 10 heteroatoms. The van der Waals surface area contributed by atoms with Gasteiger partial charge < -0.3 is 4.74 Å². The SMILES string of the molecule is O=C(COc1ccc(Cl)cc1Br)N/N=C/c1ccc(Cl)c([N+](=O)[O-])c1. The van der Waals surface area contributed by atoms with Crippen molar-refractivity contribution in [2.24, 2.45) is 5.10 Å². The molecule has 1 N–H and O–H groups in total. The van der Waals surface area contributed by atoms with Crippen molar-refractivity contribution in [1.82, 2.24) is 5.43 Å². The Bertz CT molecular complexity index is 846. The van der Waals surface area contributed by atoms with Gasteiger partial charge in [0, 0.05) is 16.7 Å². The molecule has 0 spiro atoms. The third kappa shape index (κ3) is 5.70. The Labute approximate surface area is 160 Å². The van der Waals surface area contributed by atoms with Crippen LogP contribution in [0, 0.1) is 10.1 Å². The van der Waals surface area contributed by atoms with E-state index in [4.69, 9.17) is 27.9 Å². The summed E-state index contributed by atoms with van der Waals surface area (Å²) < 4.78 is 5.94. The Hall–Kier alpha value is -2.16. The molecule has 0 fully saturated rings. The van der Waals surface area contributed by atoms with E-state index in [1.165, 1.54) is 24.4 Å². The minimum atomic E-state index is -0.601. The lowest BCUT2D eigenvalue weighted by molar-refractivity contribution is -0.384. The summed E-state index contributed by atoms with van der Waals surface area (Å²) in [5.41, 5.74) is 2.43. The monoisotopic (exact) mass is 445 g/mol. The molecule has 0 aromatic heterocycles. The smallest absolute Gasteiger partial charge is 0.288 e. The summed E-state index contributed by atoms with van der Waals surface area (Å²) >= 11 is 14.8. The van der Waals surface area contributed by atoms with Gasteiger partial charge in [-0.15, -0.1) is 0 Å². The van der Waals surface area contributed by atoms with E-state index in [0.717, 1.165) is 0 Å². The second-order valence-corrected chi connectivity index (χ2v) is 6.32. The zero-order valence-corrected chi connectivity index (χ0v) is 15.5. The van der Waals surface area contributed by atoms with Crippen LogP contribution in [-0.2, 0) is 4.79 Å². The first kappa shape index (κ1) is 19.2. The molecule has 0 bridgehead atoms. The number of carbonyl (C=O) groups excluding carboxylic acids is 1. The minimum absolute atomic E-state index is 0.0214. The second-order valence-electron chi connectivity index (χ2n) is 4.62. The highest BCUT2D eigenvalue weighted by Crippen LogP contribution is 2.28. The quantitative estimate of drug-likeness (QED) is 0.408. The number of hydrogen-bond donors (Lipinski definition) is 1. The van der Waals surface area contributed by atoms with E-state index >= 15 is 0 Å². The molecule has 0 unspecified atom stereocenters. The number of nitrogens with zero attached hydrogens (tertiary/aromatic N) is 2. The fourth-order valence-electron chi connectivity index (χ4n) is 1.70. The lowest BCUT2D eigenvalue weighted by Crippen LogP contribution is -2.24. The summed E-state index contributed by atoms with van der Waals surface area (Å²) in [5.74, 6) is -0.0431. The van der Waals surface area contributed by atoms with E-state index < -0.39 is 10.8 Å². The van der Waals surface area contributed by atoms with Gasteiger partial charge in [0.15, 0.2) is 6.61 Å². The predicted molar refractivity (Wildman–Crippen MR) is 98.5 cm³/mol. The third-order valence-corrected chi connectivity index (χ3v) is 4.00. The Morgan fingerprint density at radius 2 is 2.08 bits per heavy atom. The first-order chi connectivity index (χ1) is 11.9. The number of rotatable bonds is 6. The molecular formula is C15H10BrCl2N3O4. The number of ether oxygens (including phenoxy) is 1. The normalized spacial score (nSPS) is 10.7. The van der Waals surface area contributed by atoms with E-state index in [-0.39, 0.29) is 17.3 Å². The number of nitrogens with one attached hydrogen (secondary N) is 1. The molecule has 2 aromatic rings. The van der Waals surface area contributed by atoms with Gasteiger partial charge in [-0.05, 0) is 40.2 Å². The lowest BCUT2D eigenvalue weighted by Gasteiger charge is -2.07. The average molecular weight is 447 g/mol. The molecule has 0 aliphatic carbocycles. The zero-order chi connectivity index (χ0) is 18.4. The third-order valence-electron chi connectivity index (χ3n) is 2.82. The zero-order valence-electron chi connectivity index (χ0n) is 12.4. The predicted octanol–water partition coefficient (Wildman–Crippen LogP) is 4.19. The van der Waals surface area contributed by atoms with Crippen molar-refractivity contribution in [3.8, 4) is 5.75 Å². The summed E-state index contributed by atoms with van der Waals surface area (Å²) in [4.78, 5) is 21.9. The molecule has 1 amide bonds. The van der Waals surface area contributed by atoms with E-state index in [9.17, 15) is 14.9 Å². The van der Waals surface area contributed by atoms with Gasteiger partial charge in [0.05, 0.1) is 15.6 Å². The van der Waals surface area contributed by atoms with E-state index in [1.807, 2.05) is 0 Å². The number of hydrazone groups is 1. The average Bonchev–Trinajstić information content (AvgIpc) is 2.55. The van der Waals surface area contributed by atoms with Crippen LogP contribution in [-0.4, -0.2) is 23.7 Å². The number of amides is 1. The molecule has 0 aliphatic rings. The molecule has 7 nitrogen and oxygen atoms in total. The summed E-state index contributed by atoms with van der Waals surface area (Å²) in [5, 5.41) is 15.1. The number of nitro benzene ring substituents is 1. The molecule has 2 aromatic carbocycles. The van der Waals surface area contributed by atoms with Gasteiger partial charge in [-0.1, -0.05) is 29.3 Å². The summed E-state index contributed by atoms with van der Waals surface area (Å²) in [6.45, 7) is -0.266.